The van der Waals surface area contributed by atoms with Gasteiger partial charge in [-0.05, 0) is 43.0 Å². The highest BCUT2D eigenvalue weighted by Crippen LogP contribution is 2.22. The minimum atomic E-state index is -1.01. The Morgan fingerprint density at radius 1 is 1.27 bits per heavy atom. The van der Waals surface area contributed by atoms with Gasteiger partial charge in [-0.2, -0.15) is 0 Å². The van der Waals surface area contributed by atoms with Gasteiger partial charge in [-0.1, -0.05) is 35.3 Å². The predicted molar refractivity (Wildman–Crippen MR) is 106 cm³/mol. The van der Waals surface area contributed by atoms with E-state index in [0.717, 1.165) is 10.5 Å². The molecule has 1 amide bonds. The number of rotatable bonds is 6. The summed E-state index contributed by atoms with van der Waals surface area (Å²) in [5.74, 6) is -1.03. The topological polar surface area (TPSA) is 68.3 Å². The second-order valence-electron chi connectivity index (χ2n) is 5.16. The quantitative estimate of drug-likeness (QED) is 0.424. The molecule has 0 aliphatic carbocycles. The van der Waals surface area contributed by atoms with Gasteiger partial charge >= 0.3 is 5.97 Å². The molecule has 5 nitrogen and oxygen atoms in total. The van der Waals surface area contributed by atoms with Gasteiger partial charge in [0, 0.05) is 17.2 Å². The van der Waals surface area contributed by atoms with Crippen molar-refractivity contribution in [2.24, 2.45) is 0 Å². The lowest BCUT2D eigenvalue weighted by molar-refractivity contribution is -0.148. The number of carbonyl (C=O) groups is 2. The molecule has 0 aliphatic heterocycles. The first-order valence-corrected chi connectivity index (χ1v) is 9.51. The number of pyridine rings is 1. The number of nitrogens with one attached hydrogen (secondary N) is 1. The van der Waals surface area contributed by atoms with Gasteiger partial charge < -0.3 is 10.1 Å². The van der Waals surface area contributed by atoms with Crippen molar-refractivity contribution in [3.8, 4) is 0 Å². The van der Waals surface area contributed by atoms with Crippen molar-refractivity contribution in [2.75, 3.05) is 11.6 Å². The fraction of sp³-hybridized carbons (Fsp3) is 0.167. The molecule has 0 saturated heterocycles. The highest BCUT2D eigenvalue weighted by atomic mass is 35.5. The van der Waals surface area contributed by atoms with E-state index in [9.17, 15) is 9.59 Å². The number of hydrogen-bond donors (Lipinski definition) is 1. The summed E-state index contributed by atoms with van der Waals surface area (Å²) >= 11 is 13.3. The Morgan fingerprint density at radius 3 is 2.58 bits per heavy atom. The Bertz CT molecular complexity index is 826. The number of ether oxygens (including phenoxy) is 1. The molecule has 2 rings (SSSR count). The minimum Gasteiger partial charge on any atom is -0.449 e. The third-order valence-corrected chi connectivity index (χ3v) is 4.48. The molecule has 0 unspecified atom stereocenters. The van der Waals surface area contributed by atoms with Gasteiger partial charge in [-0.3, -0.25) is 4.79 Å². The fourth-order valence-corrected chi connectivity index (χ4v) is 2.71. The third-order valence-electron chi connectivity index (χ3n) is 3.24. The molecule has 1 aromatic carbocycles. The number of hydrogen-bond acceptors (Lipinski definition) is 5. The van der Waals surface area contributed by atoms with Crippen molar-refractivity contribution >= 4 is 58.7 Å². The Kier molecular flexibility index (Phi) is 7.50. The average Bonchev–Trinajstić information content (AvgIpc) is 2.62. The second-order valence-corrected chi connectivity index (χ2v) is 6.88. The summed E-state index contributed by atoms with van der Waals surface area (Å²) in [6.45, 7) is 1.46. The molecular formula is C18H16Cl2N2O3S. The van der Waals surface area contributed by atoms with Crippen LogP contribution in [0, 0.1) is 0 Å². The molecule has 0 spiro atoms. The summed E-state index contributed by atoms with van der Waals surface area (Å²) in [5, 5.41) is 3.03. The number of aromatic nitrogens is 1. The summed E-state index contributed by atoms with van der Waals surface area (Å²) in [7, 11) is 0. The maximum atomic E-state index is 12.1. The van der Waals surface area contributed by atoms with Crippen molar-refractivity contribution in [3.05, 3.63) is 58.2 Å². The van der Waals surface area contributed by atoms with E-state index < -0.39 is 18.0 Å². The van der Waals surface area contributed by atoms with Crippen molar-refractivity contribution < 1.29 is 14.3 Å². The lowest BCUT2D eigenvalue weighted by Gasteiger charge is -2.12. The average molecular weight is 411 g/mol. The molecular weight excluding hydrogens is 395 g/mol. The van der Waals surface area contributed by atoms with Crippen molar-refractivity contribution in [1.29, 1.82) is 0 Å². The monoisotopic (exact) mass is 410 g/mol. The number of carbonyl (C=O) groups excluding carboxylic acids is 2. The van der Waals surface area contributed by atoms with Gasteiger partial charge in [-0.25, -0.2) is 9.78 Å². The molecule has 0 fully saturated rings. The zero-order valence-corrected chi connectivity index (χ0v) is 16.4. The van der Waals surface area contributed by atoms with Crippen molar-refractivity contribution in [3.63, 3.8) is 0 Å². The van der Waals surface area contributed by atoms with E-state index in [4.69, 9.17) is 27.9 Å². The first kappa shape index (κ1) is 20.3. The Morgan fingerprint density at radius 2 is 1.96 bits per heavy atom. The Hall–Kier alpha value is -2.02. The van der Waals surface area contributed by atoms with Gasteiger partial charge in [0.15, 0.2) is 11.9 Å². The third kappa shape index (κ3) is 6.05. The van der Waals surface area contributed by atoms with Gasteiger partial charge in [0.05, 0.1) is 10.0 Å². The zero-order chi connectivity index (χ0) is 19.1. The molecule has 26 heavy (non-hydrogen) atoms. The van der Waals surface area contributed by atoms with Crippen LogP contribution >= 0.6 is 35.0 Å². The standard InChI is InChI=1S/C18H16Cl2N2O3S/c1-11(18(24)22-17-15(20)9-13(19)10-21-17)25-16(23)8-5-12-3-6-14(26-2)7-4-12/h3-11H,1-2H3,(H,21,22,24)/b8-5+/t11-/m0/s1. The van der Waals surface area contributed by atoms with Gasteiger partial charge in [-0.15, -0.1) is 11.8 Å². The zero-order valence-electron chi connectivity index (χ0n) is 14.0. The number of anilines is 1. The summed E-state index contributed by atoms with van der Waals surface area (Å²) in [6, 6.07) is 9.14. The first-order valence-electron chi connectivity index (χ1n) is 7.53. The van der Waals surface area contributed by atoms with Crippen LogP contribution in [0.25, 0.3) is 6.08 Å². The maximum Gasteiger partial charge on any atom is 0.331 e. The smallest absolute Gasteiger partial charge is 0.331 e. The lowest BCUT2D eigenvalue weighted by atomic mass is 10.2. The van der Waals surface area contributed by atoms with Crippen LogP contribution in [0.15, 0.2) is 47.5 Å². The molecule has 2 aromatic rings. The van der Waals surface area contributed by atoms with Crippen LogP contribution < -0.4 is 5.32 Å². The van der Waals surface area contributed by atoms with E-state index in [1.807, 2.05) is 30.5 Å². The van der Waals surface area contributed by atoms with Crippen LogP contribution in [0.3, 0.4) is 0 Å². The Balaban J connectivity index is 1.90. The second kappa shape index (κ2) is 9.62. The first-order chi connectivity index (χ1) is 12.4. The minimum absolute atomic E-state index is 0.147. The largest absolute Gasteiger partial charge is 0.449 e. The van der Waals surface area contributed by atoms with Crippen molar-refractivity contribution in [2.45, 2.75) is 17.9 Å². The van der Waals surface area contributed by atoms with E-state index >= 15 is 0 Å². The summed E-state index contributed by atoms with van der Waals surface area (Å²) in [5.41, 5.74) is 0.856. The molecule has 0 bridgehead atoms. The van der Waals surface area contributed by atoms with E-state index in [-0.39, 0.29) is 10.8 Å². The number of thioether (sulfide) groups is 1. The van der Waals surface area contributed by atoms with Crippen LogP contribution in [-0.2, 0) is 14.3 Å². The fourth-order valence-electron chi connectivity index (χ4n) is 1.87. The van der Waals surface area contributed by atoms with Gasteiger partial charge in [0.25, 0.3) is 5.91 Å². The molecule has 1 aromatic heterocycles. The van der Waals surface area contributed by atoms with Crippen molar-refractivity contribution in [1.82, 2.24) is 4.98 Å². The molecule has 0 radical (unpaired) electrons. The van der Waals surface area contributed by atoms with Gasteiger partial charge in [0.2, 0.25) is 0 Å². The molecule has 8 heteroatoms. The lowest BCUT2D eigenvalue weighted by Crippen LogP contribution is -2.29. The number of esters is 1. The summed E-state index contributed by atoms with van der Waals surface area (Å²) in [4.78, 5) is 29.0. The van der Waals surface area contributed by atoms with Crippen LogP contribution in [0.2, 0.25) is 10.0 Å². The molecule has 0 aliphatic rings. The van der Waals surface area contributed by atoms with E-state index in [1.54, 1.807) is 17.8 Å². The molecule has 136 valence electrons. The SMILES string of the molecule is CSc1ccc(/C=C/C(=O)O[C@@H](C)C(=O)Nc2ncc(Cl)cc2Cl)cc1. The number of nitrogens with zero attached hydrogens (tertiary/aromatic N) is 1. The van der Waals surface area contributed by atoms with Crippen LogP contribution in [-0.4, -0.2) is 29.2 Å². The van der Waals surface area contributed by atoms with Crippen LogP contribution in [0.5, 0.6) is 0 Å². The molecule has 1 atom stereocenters. The molecule has 1 N–H and O–H groups in total. The number of halogens is 2. The summed E-state index contributed by atoms with van der Waals surface area (Å²) in [6.07, 6.45) is 5.21. The normalized spacial score (nSPS) is 12.0. The number of benzene rings is 1. The van der Waals surface area contributed by atoms with E-state index in [2.05, 4.69) is 10.3 Å². The van der Waals surface area contributed by atoms with Gasteiger partial charge in [0.1, 0.15) is 0 Å². The number of amides is 1. The van der Waals surface area contributed by atoms with E-state index in [1.165, 1.54) is 25.3 Å². The maximum absolute atomic E-state index is 12.1. The highest BCUT2D eigenvalue weighted by Gasteiger charge is 2.18. The highest BCUT2D eigenvalue weighted by molar-refractivity contribution is 7.98. The van der Waals surface area contributed by atoms with Crippen LogP contribution in [0.4, 0.5) is 5.82 Å². The summed E-state index contributed by atoms with van der Waals surface area (Å²) < 4.78 is 5.08. The predicted octanol–water partition coefficient (Wildman–Crippen LogP) is 4.69. The Labute approximate surface area is 165 Å². The molecule has 1 heterocycles. The van der Waals surface area contributed by atoms with E-state index in [0.29, 0.717) is 5.02 Å². The van der Waals surface area contributed by atoms with Crippen LogP contribution in [0.1, 0.15) is 12.5 Å². The molecule has 0 saturated carbocycles.